The number of piperidine rings is 1. The van der Waals surface area contributed by atoms with Gasteiger partial charge in [0.25, 0.3) is 0 Å². The average molecular weight is 270 g/mol. The van der Waals surface area contributed by atoms with Crippen LogP contribution in [0.15, 0.2) is 18.5 Å². The summed E-state index contributed by atoms with van der Waals surface area (Å²) in [5.74, 6) is 0.0946. The normalized spacial score (nSPS) is 20.9. The topological polar surface area (TPSA) is 42.2 Å². The minimum atomic E-state index is -4.41. The quantitative estimate of drug-likeness (QED) is 0.866. The number of nitrogens with one attached hydrogen (secondary N) is 1. The zero-order valence-corrected chi connectivity index (χ0v) is 10.1. The van der Waals surface area contributed by atoms with E-state index < -0.39 is 11.9 Å². The van der Waals surface area contributed by atoms with E-state index >= 15 is 0 Å². The van der Waals surface area contributed by atoms with Crippen LogP contribution < -0.4 is 5.32 Å². The summed E-state index contributed by atoms with van der Waals surface area (Å²) >= 11 is 0. The van der Waals surface area contributed by atoms with Gasteiger partial charge in [0.05, 0.1) is 5.69 Å². The lowest BCUT2D eigenvalue weighted by Crippen LogP contribution is -2.28. The molecule has 0 saturated carbocycles. The molecule has 0 amide bonds. The minimum absolute atomic E-state index is 0.0946. The van der Waals surface area contributed by atoms with Crippen LogP contribution in [0.25, 0.3) is 5.78 Å². The SMILES string of the molecule is FC(F)(F)c1cc([C@H]2CCCCN2)nc2nccn12. The molecule has 0 aliphatic carbocycles. The second kappa shape index (κ2) is 4.48. The Labute approximate surface area is 107 Å². The number of alkyl halides is 3. The molecular weight excluding hydrogens is 257 g/mol. The first-order valence-electron chi connectivity index (χ1n) is 6.20. The van der Waals surface area contributed by atoms with Crippen LogP contribution in [0.2, 0.25) is 0 Å². The molecule has 1 aliphatic rings. The lowest BCUT2D eigenvalue weighted by molar-refractivity contribution is -0.142. The van der Waals surface area contributed by atoms with Crippen molar-refractivity contribution in [3.05, 3.63) is 29.8 Å². The molecule has 0 aromatic carbocycles. The first-order valence-corrected chi connectivity index (χ1v) is 6.20. The maximum absolute atomic E-state index is 13.0. The highest BCUT2D eigenvalue weighted by Crippen LogP contribution is 2.32. The number of rotatable bonds is 1. The summed E-state index contributed by atoms with van der Waals surface area (Å²) in [7, 11) is 0. The molecule has 3 rings (SSSR count). The van der Waals surface area contributed by atoms with E-state index in [1.54, 1.807) is 0 Å². The van der Waals surface area contributed by atoms with Crippen molar-refractivity contribution in [3.8, 4) is 0 Å². The highest BCUT2D eigenvalue weighted by molar-refractivity contribution is 5.35. The van der Waals surface area contributed by atoms with E-state index in [1.165, 1.54) is 12.4 Å². The van der Waals surface area contributed by atoms with Gasteiger partial charge in [-0.15, -0.1) is 0 Å². The monoisotopic (exact) mass is 270 g/mol. The maximum Gasteiger partial charge on any atom is 0.431 e. The number of hydrogen-bond donors (Lipinski definition) is 1. The highest BCUT2D eigenvalue weighted by atomic mass is 19.4. The van der Waals surface area contributed by atoms with E-state index in [0.717, 1.165) is 36.3 Å². The van der Waals surface area contributed by atoms with Gasteiger partial charge in [0.2, 0.25) is 5.78 Å². The van der Waals surface area contributed by atoms with Crippen molar-refractivity contribution in [2.24, 2.45) is 0 Å². The molecule has 4 nitrogen and oxygen atoms in total. The molecule has 1 saturated heterocycles. The fourth-order valence-corrected chi connectivity index (χ4v) is 2.42. The van der Waals surface area contributed by atoms with Crippen LogP contribution in [0, 0.1) is 0 Å². The van der Waals surface area contributed by atoms with Gasteiger partial charge in [0.1, 0.15) is 5.69 Å². The molecular formula is C12H13F3N4. The van der Waals surface area contributed by atoms with Gasteiger partial charge in [-0.05, 0) is 25.5 Å². The molecule has 7 heteroatoms. The number of nitrogens with zero attached hydrogens (tertiary/aromatic N) is 3. The summed E-state index contributed by atoms with van der Waals surface area (Å²) < 4.78 is 40.1. The van der Waals surface area contributed by atoms with Crippen LogP contribution >= 0.6 is 0 Å². The van der Waals surface area contributed by atoms with Crippen LogP contribution in [0.5, 0.6) is 0 Å². The molecule has 2 aromatic rings. The predicted molar refractivity (Wildman–Crippen MR) is 62.6 cm³/mol. The second-order valence-corrected chi connectivity index (χ2v) is 4.66. The zero-order valence-electron chi connectivity index (χ0n) is 10.1. The van der Waals surface area contributed by atoms with Gasteiger partial charge in [-0.2, -0.15) is 13.2 Å². The van der Waals surface area contributed by atoms with E-state index in [9.17, 15) is 13.2 Å². The van der Waals surface area contributed by atoms with Gasteiger partial charge < -0.3 is 5.32 Å². The molecule has 2 aromatic heterocycles. The third kappa shape index (κ3) is 2.30. The fraction of sp³-hybridized carbons (Fsp3) is 0.500. The van der Waals surface area contributed by atoms with E-state index in [2.05, 4.69) is 15.3 Å². The number of halogens is 3. The zero-order chi connectivity index (χ0) is 13.5. The molecule has 0 spiro atoms. The van der Waals surface area contributed by atoms with Crippen LogP contribution in [-0.2, 0) is 6.18 Å². The van der Waals surface area contributed by atoms with Gasteiger partial charge >= 0.3 is 6.18 Å². The molecule has 0 radical (unpaired) electrons. The predicted octanol–water partition coefficient (Wildman–Crippen LogP) is 2.56. The number of aromatic nitrogens is 3. The van der Waals surface area contributed by atoms with Crippen molar-refractivity contribution in [2.75, 3.05) is 6.54 Å². The molecule has 102 valence electrons. The number of fused-ring (bicyclic) bond motifs is 1. The standard InChI is InChI=1S/C12H13F3N4/c13-12(14,15)10-7-9(8-3-1-2-4-16-8)18-11-17-5-6-19(10)11/h5-8,16H,1-4H2/t8-/m1/s1. The number of imidazole rings is 1. The second-order valence-electron chi connectivity index (χ2n) is 4.66. The van der Waals surface area contributed by atoms with E-state index in [0.29, 0.717) is 5.69 Å². The van der Waals surface area contributed by atoms with Crippen molar-refractivity contribution in [1.82, 2.24) is 19.7 Å². The van der Waals surface area contributed by atoms with Crippen LogP contribution in [0.4, 0.5) is 13.2 Å². The Hall–Kier alpha value is -1.63. The average Bonchev–Trinajstić information content (AvgIpc) is 2.85. The summed E-state index contributed by atoms with van der Waals surface area (Å²) in [6.45, 7) is 0.813. The summed E-state index contributed by atoms with van der Waals surface area (Å²) in [6.07, 6.45) is 1.06. The molecule has 19 heavy (non-hydrogen) atoms. The van der Waals surface area contributed by atoms with Crippen LogP contribution in [0.3, 0.4) is 0 Å². The third-order valence-corrected chi connectivity index (χ3v) is 3.35. The molecule has 1 aliphatic heterocycles. The minimum Gasteiger partial charge on any atom is -0.309 e. The third-order valence-electron chi connectivity index (χ3n) is 3.35. The lowest BCUT2D eigenvalue weighted by Gasteiger charge is -2.23. The van der Waals surface area contributed by atoms with Crippen molar-refractivity contribution >= 4 is 5.78 Å². The van der Waals surface area contributed by atoms with Crippen LogP contribution in [-0.4, -0.2) is 20.9 Å². The summed E-state index contributed by atoms with van der Waals surface area (Å²) in [5, 5.41) is 3.20. The van der Waals surface area contributed by atoms with Crippen molar-refractivity contribution in [2.45, 2.75) is 31.5 Å². The molecule has 0 unspecified atom stereocenters. The summed E-state index contributed by atoms with van der Waals surface area (Å²) in [4.78, 5) is 8.09. The summed E-state index contributed by atoms with van der Waals surface area (Å²) in [5.41, 5.74) is -0.303. The van der Waals surface area contributed by atoms with Crippen molar-refractivity contribution < 1.29 is 13.2 Å². The van der Waals surface area contributed by atoms with Gasteiger partial charge in [0.15, 0.2) is 0 Å². The Morgan fingerprint density at radius 1 is 1.32 bits per heavy atom. The van der Waals surface area contributed by atoms with E-state index in [-0.39, 0.29) is 11.8 Å². The maximum atomic E-state index is 13.0. The Kier molecular flexibility index (Phi) is 2.93. The Morgan fingerprint density at radius 2 is 2.16 bits per heavy atom. The molecule has 1 fully saturated rings. The molecule has 3 heterocycles. The lowest BCUT2D eigenvalue weighted by atomic mass is 10.0. The molecule has 0 bridgehead atoms. The highest BCUT2D eigenvalue weighted by Gasteiger charge is 2.35. The van der Waals surface area contributed by atoms with Gasteiger partial charge in [-0.25, -0.2) is 9.97 Å². The first-order chi connectivity index (χ1) is 9.05. The Morgan fingerprint density at radius 3 is 2.84 bits per heavy atom. The van der Waals surface area contributed by atoms with E-state index in [4.69, 9.17) is 0 Å². The number of hydrogen-bond acceptors (Lipinski definition) is 3. The van der Waals surface area contributed by atoms with Gasteiger partial charge in [-0.3, -0.25) is 4.40 Å². The van der Waals surface area contributed by atoms with Crippen molar-refractivity contribution in [3.63, 3.8) is 0 Å². The van der Waals surface area contributed by atoms with Gasteiger partial charge in [-0.1, -0.05) is 6.42 Å². The van der Waals surface area contributed by atoms with Crippen molar-refractivity contribution in [1.29, 1.82) is 0 Å². The Bertz CT molecular complexity index is 584. The van der Waals surface area contributed by atoms with Crippen LogP contribution in [0.1, 0.15) is 36.7 Å². The smallest absolute Gasteiger partial charge is 0.309 e. The van der Waals surface area contributed by atoms with E-state index in [1.807, 2.05) is 0 Å². The van der Waals surface area contributed by atoms with Gasteiger partial charge in [0, 0.05) is 18.4 Å². The molecule has 1 N–H and O–H groups in total. The first kappa shape index (κ1) is 12.4. The summed E-state index contributed by atoms with van der Waals surface area (Å²) in [6, 6.07) is 1.01. The largest absolute Gasteiger partial charge is 0.431 e. The molecule has 1 atom stereocenters. The Balaban J connectivity index is 2.10. The fourth-order valence-electron chi connectivity index (χ4n) is 2.42.